The van der Waals surface area contributed by atoms with Crippen molar-refractivity contribution in [1.82, 2.24) is 9.97 Å². The van der Waals surface area contributed by atoms with Crippen LogP contribution in [0.5, 0.6) is 0 Å². The molecule has 17 heavy (non-hydrogen) atoms. The Balaban J connectivity index is 2.20. The van der Waals surface area contributed by atoms with Crippen LogP contribution in [-0.2, 0) is 4.79 Å². The number of rotatable bonds is 3. The van der Waals surface area contributed by atoms with Crippen LogP contribution < -0.4 is 4.90 Å². The molecule has 0 N–H and O–H groups in total. The molecule has 1 aromatic heterocycles. The molecule has 1 aromatic rings. The van der Waals surface area contributed by atoms with Crippen molar-refractivity contribution in [3.05, 3.63) is 35.2 Å². The maximum atomic E-state index is 11.6. The zero-order valence-electron chi connectivity index (χ0n) is 8.94. The number of nitrogens with zero attached hydrogens (tertiary/aromatic N) is 4. The van der Waals surface area contributed by atoms with E-state index in [-0.39, 0.29) is 23.5 Å². The summed E-state index contributed by atoms with van der Waals surface area (Å²) in [6.07, 6.45) is 4.28. The first kappa shape index (κ1) is 11.2. The fourth-order valence-corrected chi connectivity index (χ4v) is 1.63. The van der Waals surface area contributed by atoms with Gasteiger partial charge in [-0.15, -0.1) is 6.58 Å². The number of carbonyl (C=O) groups is 1. The number of aromatic nitrogens is 2. The van der Waals surface area contributed by atoms with Crippen LogP contribution in [0.1, 0.15) is 6.42 Å². The average molecular weight is 234 g/mol. The zero-order chi connectivity index (χ0) is 12.4. The lowest BCUT2D eigenvalue weighted by atomic mass is 10.1. The van der Waals surface area contributed by atoms with Crippen molar-refractivity contribution in [3.8, 4) is 0 Å². The highest BCUT2D eigenvalue weighted by Gasteiger charge is 2.30. The number of hydrogen-bond acceptors (Lipinski definition) is 5. The van der Waals surface area contributed by atoms with E-state index in [0.717, 1.165) is 12.4 Å². The zero-order valence-corrected chi connectivity index (χ0v) is 8.94. The molecule has 7 nitrogen and oxygen atoms in total. The minimum Gasteiger partial charge on any atom is -0.280 e. The highest BCUT2D eigenvalue weighted by Crippen LogP contribution is 2.23. The van der Waals surface area contributed by atoms with Gasteiger partial charge in [-0.1, -0.05) is 6.08 Å². The van der Waals surface area contributed by atoms with E-state index in [1.807, 2.05) is 0 Å². The molecule has 1 saturated heterocycles. The quantitative estimate of drug-likeness (QED) is 0.440. The number of amides is 1. The van der Waals surface area contributed by atoms with Gasteiger partial charge in [-0.2, -0.15) is 0 Å². The third-order valence-corrected chi connectivity index (χ3v) is 2.57. The third-order valence-electron chi connectivity index (χ3n) is 2.57. The van der Waals surface area contributed by atoms with Crippen LogP contribution in [0.15, 0.2) is 25.0 Å². The molecule has 1 aliphatic rings. The molecular formula is C10H10N4O3. The monoisotopic (exact) mass is 234 g/mol. The number of carbonyl (C=O) groups excluding carboxylic acids is 1. The molecule has 1 aliphatic heterocycles. The summed E-state index contributed by atoms with van der Waals surface area (Å²) in [6.45, 7) is 4.11. The highest BCUT2D eigenvalue weighted by molar-refractivity contribution is 5.94. The van der Waals surface area contributed by atoms with Gasteiger partial charge in [0.2, 0.25) is 11.9 Å². The molecule has 1 atom stereocenters. The molecule has 1 amide bonds. The van der Waals surface area contributed by atoms with E-state index in [2.05, 4.69) is 16.5 Å². The van der Waals surface area contributed by atoms with Crippen LogP contribution in [0.25, 0.3) is 0 Å². The van der Waals surface area contributed by atoms with Crippen molar-refractivity contribution < 1.29 is 9.72 Å². The molecule has 1 unspecified atom stereocenters. The SMILES string of the molecule is C=CC1CC(=O)N(c2ncc([N+](=O)[O-])cn2)C1. The van der Waals surface area contributed by atoms with Gasteiger partial charge in [0.15, 0.2) is 0 Å². The van der Waals surface area contributed by atoms with Gasteiger partial charge in [-0.3, -0.25) is 19.8 Å². The summed E-state index contributed by atoms with van der Waals surface area (Å²) in [7, 11) is 0. The molecule has 0 bridgehead atoms. The van der Waals surface area contributed by atoms with E-state index in [0.29, 0.717) is 13.0 Å². The lowest BCUT2D eigenvalue weighted by Crippen LogP contribution is -2.26. The van der Waals surface area contributed by atoms with Gasteiger partial charge >= 0.3 is 5.69 Å². The van der Waals surface area contributed by atoms with Gasteiger partial charge < -0.3 is 0 Å². The predicted molar refractivity (Wildman–Crippen MR) is 59.3 cm³/mol. The first-order valence-corrected chi connectivity index (χ1v) is 5.01. The maximum absolute atomic E-state index is 11.6. The van der Waals surface area contributed by atoms with Crippen molar-refractivity contribution in [3.63, 3.8) is 0 Å². The van der Waals surface area contributed by atoms with E-state index < -0.39 is 4.92 Å². The Kier molecular flexibility index (Phi) is 2.82. The lowest BCUT2D eigenvalue weighted by molar-refractivity contribution is -0.385. The van der Waals surface area contributed by atoms with Gasteiger partial charge in [-0.05, 0) is 0 Å². The smallest absolute Gasteiger partial charge is 0.280 e. The Morgan fingerprint density at radius 3 is 2.65 bits per heavy atom. The molecule has 2 heterocycles. The molecule has 1 fully saturated rings. The van der Waals surface area contributed by atoms with Crippen molar-refractivity contribution in [2.24, 2.45) is 5.92 Å². The Labute approximate surface area is 96.9 Å². The second-order valence-electron chi connectivity index (χ2n) is 3.70. The second-order valence-corrected chi connectivity index (χ2v) is 3.70. The van der Waals surface area contributed by atoms with Gasteiger partial charge in [-0.25, -0.2) is 9.97 Å². The number of anilines is 1. The number of hydrogen-bond donors (Lipinski definition) is 0. The summed E-state index contributed by atoms with van der Waals surface area (Å²) in [6, 6.07) is 0. The fourth-order valence-electron chi connectivity index (χ4n) is 1.63. The summed E-state index contributed by atoms with van der Waals surface area (Å²) in [5.41, 5.74) is -0.194. The van der Waals surface area contributed by atoms with Crippen molar-refractivity contribution in [2.75, 3.05) is 11.4 Å². The Morgan fingerprint density at radius 1 is 1.53 bits per heavy atom. The summed E-state index contributed by atoms with van der Waals surface area (Å²) in [5.74, 6) is 0.190. The second kappa shape index (κ2) is 4.28. The van der Waals surface area contributed by atoms with E-state index in [4.69, 9.17) is 0 Å². The summed E-state index contributed by atoms with van der Waals surface area (Å²) in [5, 5.41) is 10.4. The van der Waals surface area contributed by atoms with E-state index in [1.54, 1.807) is 6.08 Å². The Bertz CT molecular complexity index is 471. The summed E-state index contributed by atoms with van der Waals surface area (Å²) >= 11 is 0. The molecular weight excluding hydrogens is 224 g/mol. The standard InChI is InChI=1S/C10H10N4O3/c1-2-7-3-9(15)13(6-7)10-11-4-8(5-12-10)14(16)17/h2,4-5,7H,1,3,6H2. The molecule has 0 aromatic carbocycles. The van der Waals surface area contributed by atoms with Crippen molar-refractivity contribution in [1.29, 1.82) is 0 Å². The van der Waals surface area contributed by atoms with E-state index in [9.17, 15) is 14.9 Å². The van der Waals surface area contributed by atoms with Crippen LogP contribution in [0, 0.1) is 16.0 Å². The molecule has 0 radical (unpaired) electrons. The van der Waals surface area contributed by atoms with Gasteiger partial charge in [0.05, 0.1) is 4.92 Å². The van der Waals surface area contributed by atoms with E-state index in [1.165, 1.54) is 4.90 Å². The Morgan fingerprint density at radius 2 is 2.18 bits per heavy atom. The maximum Gasteiger partial charge on any atom is 0.305 e. The van der Waals surface area contributed by atoms with Gasteiger partial charge in [0.1, 0.15) is 12.4 Å². The van der Waals surface area contributed by atoms with Crippen molar-refractivity contribution >= 4 is 17.5 Å². The lowest BCUT2D eigenvalue weighted by Gasteiger charge is -2.12. The third kappa shape index (κ3) is 2.12. The minimum absolute atomic E-state index is 0.0845. The molecule has 2 rings (SSSR count). The minimum atomic E-state index is -0.581. The molecule has 88 valence electrons. The van der Waals surface area contributed by atoms with Gasteiger partial charge in [0, 0.05) is 18.9 Å². The molecule has 7 heteroatoms. The van der Waals surface area contributed by atoms with Crippen LogP contribution in [-0.4, -0.2) is 27.3 Å². The predicted octanol–water partition coefficient (Wildman–Crippen LogP) is 0.924. The van der Waals surface area contributed by atoms with Crippen LogP contribution in [0.3, 0.4) is 0 Å². The highest BCUT2D eigenvalue weighted by atomic mass is 16.6. The van der Waals surface area contributed by atoms with Crippen molar-refractivity contribution in [2.45, 2.75) is 6.42 Å². The number of nitro groups is 1. The summed E-state index contributed by atoms with van der Waals surface area (Å²) in [4.78, 5) is 30.5. The van der Waals surface area contributed by atoms with Crippen LogP contribution in [0.4, 0.5) is 11.6 Å². The van der Waals surface area contributed by atoms with E-state index >= 15 is 0 Å². The van der Waals surface area contributed by atoms with Crippen LogP contribution >= 0.6 is 0 Å². The molecule has 0 saturated carbocycles. The molecule has 0 spiro atoms. The first-order valence-electron chi connectivity index (χ1n) is 5.01. The topological polar surface area (TPSA) is 89.2 Å². The van der Waals surface area contributed by atoms with Crippen LogP contribution in [0.2, 0.25) is 0 Å². The fraction of sp³-hybridized carbons (Fsp3) is 0.300. The first-order chi connectivity index (χ1) is 8.11. The largest absolute Gasteiger partial charge is 0.305 e. The normalized spacial score (nSPS) is 19.4. The average Bonchev–Trinajstić information content (AvgIpc) is 2.71. The molecule has 0 aliphatic carbocycles. The summed E-state index contributed by atoms with van der Waals surface area (Å²) < 4.78 is 0. The van der Waals surface area contributed by atoms with Gasteiger partial charge in [0.25, 0.3) is 0 Å². The Hall–Kier alpha value is -2.31.